The molecule has 1 amide bonds. The van der Waals surface area contributed by atoms with E-state index in [0.29, 0.717) is 5.91 Å². The van der Waals surface area contributed by atoms with Crippen molar-refractivity contribution in [2.45, 2.75) is 77.7 Å². The van der Waals surface area contributed by atoms with E-state index < -0.39 is 0 Å². The summed E-state index contributed by atoms with van der Waals surface area (Å²) in [7, 11) is 0. The average molecular weight is 268 g/mol. The topological polar surface area (TPSA) is 32.3 Å². The maximum atomic E-state index is 12.0. The molecule has 0 aromatic rings. The number of likely N-dealkylation sites (N-methyl/N-ethyl adjacent to an activating group) is 1. The number of carbonyl (C=O) groups is 1. The molecule has 1 N–H and O–H groups in total. The lowest BCUT2D eigenvalue weighted by Gasteiger charge is -2.16. The first-order valence-corrected chi connectivity index (χ1v) is 8.31. The van der Waals surface area contributed by atoms with Crippen LogP contribution in [-0.2, 0) is 4.79 Å². The fourth-order valence-corrected chi connectivity index (χ4v) is 2.83. The van der Waals surface area contributed by atoms with Gasteiger partial charge in [0.25, 0.3) is 0 Å². The predicted molar refractivity (Wildman–Crippen MR) is 81.3 cm³/mol. The first-order valence-electron chi connectivity index (χ1n) is 8.31. The second-order valence-corrected chi connectivity index (χ2v) is 5.70. The summed E-state index contributed by atoms with van der Waals surface area (Å²) in [6.45, 7) is 7.13. The maximum absolute atomic E-state index is 12.0. The molecule has 1 aliphatic heterocycles. The van der Waals surface area contributed by atoms with E-state index in [1.54, 1.807) is 0 Å². The highest BCUT2D eigenvalue weighted by atomic mass is 16.2. The van der Waals surface area contributed by atoms with E-state index in [2.05, 4.69) is 19.2 Å². The van der Waals surface area contributed by atoms with Crippen molar-refractivity contribution in [1.82, 2.24) is 10.2 Å². The van der Waals surface area contributed by atoms with Gasteiger partial charge in [0.15, 0.2) is 0 Å². The number of unbranched alkanes of at least 4 members (excludes halogenated alkanes) is 7. The molecule has 1 unspecified atom stereocenters. The van der Waals surface area contributed by atoms with Crippen molar-refractivity contribution in [3.63, 3.8) is 0 Å². The van der Waals surface area contributed by atoms with Gasteiger partial charge in [0, 0.05) is 13.1 Å². The summed E-state index contributed by atoms with van der Waals surface area (Å²) in [6.07, 6.45) is 11.6. The Morgan fingerprint density at radius 1 is 1.05 bits per heavy atom. The van der Waals surface area contributed by atoms with Gasteiger partial charge in [-0.1, -0.05) is 58.8 Å². The minimum atomic E-state index is 0.0963. The van der Waals surface area contributed by atoms with Crippen LogP contribution < -0.4 is 5.32 Å². The Kier molecular flexibility index (Phi) is 8.89. The van der Waals surface area contributed by atoms with E-state index in [4.69, 9.17) is 0 Å². The Bertz CT molecular complexity index is 243. The van der Waals surface area contributed by atoms with Crippen molar-refractivity contribution < 1.29 is 4.79 Å². The van der Waals surface area contributed by atoms with Crippen LogP contribution in [0.3, 0.4) is 0 Å². The Labute approximate surface area is 119 Å². The highest BCUT2D eigenvalue weighted by Gasteiger charge is 2.29. The van der Waals surface area contributed by atoms with Crippen molar-refractivity contribution >= 4 is 5.91 Å². The molecule has 1 aliphatic rings. The van der Waals surface area contributed by atoms with Gasteiger partial charge in [0.1, 0.15) is 0 Å². The van der Waals surface area contributed by atoms with Gasteiger partial charge in [0.2, 0.25) is 5.91 Å². The van der Waals surface area contributed by atoms with Gasteiger partial charge in [-0.15, -0.1) is 0 Å². The van der Waals surface area contributed by atoms with Crippen LogP contribution in [0, 0.1) is 0 Å². The lowest BCUT2D eigenvalue weighted by molar-refractivity contribution is -0.129. The summed E-state index contributed by atoms with van der Waals surface area (Å²) < 4.78 is 0. The summed E-state index contributed by atoms with van der Waals surface area (Å²) >= 11 is 0. The number of hydrogen-bond donors (Lipinski definition) is 1. The van der Waals surface area contributed by atoms with Gasteiger partial charge >= 0.3 is 0 Å². The Hall–Kier alpha value is -0.570. The quantitative estimate of drug-likeness (QED) is 0.583. The van der Waals surface area contributed by atoms with Crippen LogP contribution in [0.15, 0.2) is 0 Å². The number of carbonyl (C=O) groups excluding carboxylic acids is 1. The largest absolute Gasteiger partial charge is 0.341 e. The molecule has 0 aliphatic carbocycles. The SMILES string of the molecule is CCCCCCCCCCN1CCC(NCC)C1=O. The van der Waals surface area contributed by atoms with Crippen LogP contribution >= 0.6 is 0 Å². The van der Waals surface area contributed by atoms with E-state index in [9.17, 15) is 4.79 Å². The third-order valence-corrected chi connectivity index (χ3v) is 4.03. The lowest BCUT2D eigenvalue weighted by atomic mass is 10.1. The molecule has 0 aromatic heterocycles. The normalized spacial score (nSPS) is 19.4. The van der Waals surface area contributed by atoms with Crippen LogP contribution in [0.25, 0.3) is 0 Å². The van der Waals surface area contributed by atoms with Crippen molar-refractivity contribution in [2.24, 2.45) is 0 Å². The fraction of sp³-hybridized carbons (Fsp3) is 0.938. The van der Waals surface area contributed by atoms with Crippen molar-refractivity contribution in [2.75, 3.05) is 19.6 Å². The molecule has 3 nitrogen and oxygen atoms in total. The standard InChI is InChI=1S/C16H32N2O/c1-3-5-6-7-8-9-10-11-13-18-14-12-15(16(18)19)17-4-2/h15,17H,3-14H2,1-2H3. The third kappa shape index (κ3) is 6.42. The molecular weight excluding hydrogens is 236 g/mol. The minimum Gasteiger partial charge on any atom is -0.341 e. The van der Waals surface area contributed by atoms with Crippen molar-refractivity contribution in [3.8, 4) is 0 Å². The molecule has 0 aromatic carbocycles. The predicted octanol–water partition coefficient (Wildman–Crippen LogP) is 3.34. The van der Waals surface area contributed by atoms with Crippen LogP contribution in [0.5, 0.6) is 0 Å². The number of hydrogen-bond acceptors (Lipinski definition) is 2. The van der Waals surface area contributed by atoms with Gasteiger partial charge in [0.05, 0.1) is 6.04 Å². The molecule has 112 valence electrons. The molecule has 0 spiro atoms. The second kappa shape index (κ2) is 10.2. The number of nitrogens with zero attached hydrogens (tertiary/aromatic N) is 1. The highest BCUT2D eigenvalue weighted by molar-refractivity contribution is 5.83. The smallest absolute Gasteiger partial charge is 0.239 e. The maximum Gasteiger partial charge on any atom is 0.239 e. The molecule has 3 heteroatoms. The second-order valence-electron chi connectivity index (χ2n) is 5.70. The molecule has 0 radical (unpaired) electrons. The molecule has 1 rings (SSSR count). The monoisotopic (exact) mass is 268 g/mol. The number of likely N-dealkylation sites (tertiary alicyclic amines) is 1. The molecule has 1 saturated heterocycles. The van der Waals surface area contributed by atoms with Crippen LogP contribution in [0.4, 0.5) is 0 Å². The van der Waals surface area contributed by atoms with E-state index in [-0.39, 0.29) is 6.04 Å². The molecular formula is C16H32N2O. The van der Waals surface area contributed by atoms with Crippen molar-refractivity contribution in [1.29, 1.82) is 0 Å². The van der Waals surface area contributed by atoms with Gasteiger partial charge in [-0.05, 0) is 19.4 Å². The summed E-state index contributed by atoms with van der Waals surface area (Å²) in [5, 5.41) is 3.26. The number of nitrogens with one attached hydrogen (secondary N) is 1. The summed E-state index contributed by atoms with van der Waals surface area (Å²) in [6, 6.07) is 0.0963. The van der Waals surface area contributed by atoms with E-state index >= 15 is 0 Å². The zero-order valence-electron chi connectivity index (χ0n) is 12.9. The molecule has 19 heavy (non-hydrogen) atoms. The van der Waals surface area contributed by atoms with E-state index in [0.717, 1.165) is 26.1 Å². The van der Waals surface area contributed by atoms with Gasteiger partial charge in [-0.25, -0.2) is 0 Å². The number of rotatable bonds is 11. The highest BCUT2D eigenvalue weighted by Crippen LogP contribution is 2.13. The van der Waals surface area contributed by atoms with Gasteiger partial charge in [-0.2, -0.15) is 0 Å². The van der Waals surface area contributed by atoms with Gasteiger partial charge < -0.3 is 10.2 Å². The first kappa shape index (κ1) is 16.5. The van der Waals surface area contributed by atoms with E-state index in [1.807, 2.05) is 4.90 Å². The van der Waals surface area contributed by atoms with Crippen LogP contribution in [-0.4, -0.2) is 36.5 Å². The molecule has 0 bridgehead atoms. The Morgan fingerprint density at radius 3 is 2.32 bits per heavy atom. The molecule has 1 atom stereocenters. The summed E-state index contributed by atoms with van der Waals surface area (Å²) in [4.78, 5) is 14.0. The average Bonchev–Trinajstić information content (AvgIpc) is 2.75. The third-order valence-electron chi connectivity index (χ3n) is 4.03. The minimum absolute atomic E-state index is 0.0963. The summed E-state index contributed by atoms with van der Waals surface area (Å²) in [5.74, 6) is 0.324. The van der Waals surface area contributed by atoms with Crippen molar-refractivity contribution in [3.05, 3.63) is 0 Å². The number of amides is 1. The van der Waals surface area contributed by atoms with E-state index in [1.165, 1.54) is 51.4 Å². The zero-order chi connectivity index (χ0) is 13.9. The molecule has 0 saturated carbocycles. The molecule has 1 fully saturated rings. The van der Waals surface area contributed by atoms with Crippen LogP contribution in [0.1, 0.15) is 71.6 Å². The lowest BCUT2D eigenvalue weighted by Crippen LogP contribution is -2.38. The zero-order valence-corrected chi connectivity index (χ0v) is 12.9. The molecule has 1 heterocycles. The summed E-state index contributed by atoms with van der Waals surface area (Å²) in [5.41, 5.74) is 0. The van der Waals surface area contributed by atoms with Gasteiger partial charge in [-0.3, -0.25) is 4.79 Å². The first-order chi connectivity index (χ1) is 9.29. The van der Waals surface area contributed by atoms with Crippen LogP contribution in [0.2, 0.25) is 0 Å². The fourth-order valence-electron chi connectivity index (χ4n) is 2.83. The Balaban J connectivity index is 1.97. The Morgan fingerprint density at radius 2 is 1.68 bits per heavy atom.